The van der Waals surface area contributed by atoms with Crippen molar-refractivity contribution in [2.45, 2.75) is 44.9 Å². The number of halogens is 1. The Morgan fingerprint density at radius 3 is 2.69 bits per heavy atom. The van der Waals surface area contributed by atoms with Crippen LogP contribution in [0.5, 0.6) is 5.75 Å². The molecule has 0 unspecified atom stereocenters. The lowest BCUT2D eigenvalue weighted by atomic mass is 9.93. The minimum atomic E-state index is -2.34. The Balaban J connectivity index is 1.21. The Morgan fingerprint density at radius 2 is 1.94 bits per heavy atom. The molecule has 0 radical (unpaired) electrons. The van der Waals surface area contributed by atoms with E-state index in [0.29, 0.717) is 28.3 Å². The zero-order valence-corrected chi connectivity index (χ0v) is 21.5. The maximum Gasteiger partial charge on any atom is 0.258 e. The van der Waals surface area contributed by atoms with Gasteiger partial charge in [-0.3, -0.25) is 23.5 Å². The van der Waals surface area contributed by atoms with Crippen LogP contribution in [0.25, 0.3) is 11.8 Å². The lowest BCUT2D eigenvalue weighted by Crippen LogP contribution is -2.35. The Labute approximate surface area is 217 Å². The number of nitrogens with one attached hydrogen (secondary N) is 1. The molecule has 1 aliphatic carbocycles. The molecule has 0 atom stereocenters. The normalized spacial score (nSPS) is 18.2. The Kier molecular flexibility index (Phi) is 7.50. The summed E-state index contributed by atoms with van der Waals surface area (Å²) < 4.78 is 27.0. The Bertz CT molecular complexity index is 1310. The van der Waals surface area contributed by atoms with Crippen LogP contribution in [-0.2, 0) is 19.6 Å². The van der Waals surface area contributed by atoms with Gasteiger partial charge in [0.15, 0.2) is 0 Å². The summed E-state index contributed by atoms with van der Waals surface area (Å²) in [5.41, 5.74) is 5.20. The van der Waals surface area contributed by atoms with Crippen molar-refractivity contribution in [2.24, 2.45) is 0 Å². The molecule has 3 aromatic rings. The van der Waals surface area contributed by atoms with Crippen LogP contribution in [-0.4, -0.2) is 36.2 Å². The van der Waals surface area contributed by atoms with Gasteiger partial charge in [-0.2, -0.15) is 10.6 Å². The average molecular weight is 528 g/mol. The van der Waals surface area contributed by atoms with Crippen LogP contribution in [0.2, 0.25) is 5.02 Å². The van der Waals surface area contributed by atoms with Crippen LogP contribution in [0.15, 0.2) is 59.7 Å². The van der Waals surface area contributed by atoms with E-state index < -0.39 is 10.6 Å². The largest absolute Gasteiger partial charge is 0.487 e. The first kappa shape index (κ1) is 25.0. The van der Waals surface area contributed by atoms with Crippen LogP contribution in [0, 0.1) is 0 Å². The fourth-order valence-electron chi connectivity index (χ4n) is 4.64. The number of benzene rings is 1. The van der Waals surface area contributed by atoms with Gasteiger partial charge in [0.1, 0.15) is 12.4 Å². The summed E-state index contributed by atoms with van der Waals surface area (Å²) in [5, 5.41) is 4.13. The fraction of sp³-hybridized carbons (Fsp3) is 0.333. The van der Waals surface area contributed by atoms with Gasteiger partial charge in [0.25, 0.3) is 5.56 Å². The predicted octanol–water partition coefficient (Wildman–Crippen LogP) is 5.42. The molecule has 0 bridgehead atoms. The third kappa shape index (κ3) is 6.19. The number of aromatic nitrogens is 2. The standard InChI is InChI=1S/C27H30ClN3O4S/c28-22-4-5-24(30-17-22)18-35-26-7-10-31(27(32)15-26)25-6-3-20-13-19(1-2-21(20)14-25)16-29-23-8-11-36(33,34)12-9-23/h1-2,4-5,7,10,13-15,17,23,29,33-34H,3,6,8-9,11-12,16,18H2. The molecule has 1 aromatic carbocycles. The summed E-state index contributed by atoms with van der Waals surface area (Å²) in [4.78, 5) is 17.0. The number of pyridine rings is 2. The number of ether oxygens (including phenoxy) is 1. The maximum atomic E-state index is 12.8. The highest BCUT2D eigenvalue weighted by molar-refractivity contribution is 8.24. The predicted molar refractivity (Wildman–Crippen MR) is 146 cm³/mol. The second kappa shape index (κ2) is 10.8. The van der Waals surface area contributed by atoms with E-state index in [4.69, 9.17) is 16.3 Å². The van der Waals surface area contributed by atoms with E-state index in [1.807, 2.05) is 0 Å². The summed E-state index contributed by atoms with van der Waals surface area (Å²) in [6.07, 6.45) is 8.67. The zero-order valence-electron chi connectivity index (χ0n) is 19.9. The van der Waals surface area contributed by atoms with Crippen molar-refractivity contribution in [2.75, 3.05) is 11.5 Å². The second-order valence-electron chi connectivity index (χ2n) is 9.36. The van der Waals surface area contributed by atoms with Crippen LogP contribution in [0.1, 0.15) is 41.6 Å². The van der Waals surface area contributed by atoms with Gasteiger partial charge in [-0.25, -0.2) is 0 Å². The molecule has 7 nitrogen and oxygen atoms in total. The van der Waals surface area contributed by atoms with Gasteiger partial charge in [0.05, 0.1) is 10.7 Å². The highest BCUT2D eigenvalue weighted by Crippen LogP contribution is 2.43. The maximum absolute atomic E-state index is 12.8. The number of aryl methyl sites for hydroxylation is 1. The lowest BCUT2D eigenvalue weighted by molar-refractivity contribution is 0.300. The van der Waals surface area contributed by atoms with Gasteiger partial charge in [0.2, 0.25) is 0 Å². The molecule has 2 aliphatic rings. The number of hydrogen-bond donors (Lipinski definition) is 3. The Hall–Kier alpha value is -2.62. The third-order valence-electron chi connectivity index (χ3n) is 6.74. The van der Waals surface area contributed by atoms with Crippen molar-refractivity contribution in [3.63, 3.8) is 0 Å². The molecule has 3 heterocycles. The molecule has 36 heavy (non-hydrogen) atoms. The van der Waals surface area contributed by atoms with Crippen molar-refractivity contribution in [3.8, 4) is 5.75 Å². The van der Waals surface area contributed by atoms with Gasteiger partial charge in [-0.15, -0.1) is 0 Å². The molecule has 1 fully saturated rings. The van der Waals surface area contributed by atoms with E-state index in [-0.39, 0.29) is 12.2 Å². The molecule has 1 saturated heterocycles. The number of hydrogen-bond acceptors (Lipinski definition) is 6. The molecule has 3 N–H and O–H groups in total. The monoisotopic (exact) mass is 527 g/mol. The summed E-state index contributed by atoms with van der Waals surface area (Å²) >= 11 is 5.86. The molecule has 1 aliphatic heterocycles. The molecule has 0 amide bonds. The molecule has 5 rings (SSSR count). The van der Waals surface area contributed by atoms with Gasteiger partial charge < -0.3 is 10.1 Å². The number of allylic oxidation sites excluding steroid dienone is 1. The second-order valence-corrected chi connectivity index (χ2v) is 12.2. The van der Waals surface area contributed by atoms with E-state index in [9.17, 15) is 13.9 Å². The van der Waals surface area contributed by atoms with Gasteiger partial charge in [-0.05, 0) is 66.6 Å². The van der Waals surface area contributed by atoms with Crippen molar-refractivity contribution in [1.29, 1.82) is 0 Å². The first-order valence-electron chi connectivity index (χ1n) is 12.1. The van der Waals surface area contributed by atoms with Crippen LogP contribution in [0.4, 0.5) is 0 Å². The molecule has 190 valence electrons. The average Bonchev–Trinajstić information content (AvgIpc) is 2.87. The smallest absolute Gasteiger partial charge is 0.258 e. The van der Waals surface area contributed by atoms with E-state index in [0.717, 1.165) is 49.2 Å². The van der Waals surface area contributed by atoms with Crippen molar-refractivity contribution in [1.82, 2.24) is 14.9 Å². The quantitative estimate of drug-likeness (QED) is 0.379. The fourth-order valence-corrected chi connectivity index (χ4v) is 6.28. The van der Waals surface area contributed by atoms with E-state index in [1.165, 1.54) is 17.2 Å². The minimum Gasteiger partial charge on any atom is -0.487 e. The van der Waals surface area contributed by atoms with Gasteiger partial charge in [-0.1, -0.05) is 29.8 Å². The summed E-state index contributed by atoms with van der Waals surface area (Å²) in [7, 11) is -2.34. The van der Waals surface area contributed by atoms with E-state index >= 15 is 0 Å². The zero-order chi connectivity index (χ0) is 25.1. The van der Waals surface area contributed by atoms with E-state index in [1.54, 1.807) is 35.2 Å². The minimum absolute atomic E-state index is 0.129. The number of nitrogens with zero attached hydrogens (tertiary/aromatic N) is 2. The molecular weight excluding hydrogens is 498 g/mol. The third-order valence-corrected chi connectivity index (χ3v) is 8.74. The first-order valence-corrected chi connectivity index (χ1v) is 14.4. The number of fused-ring (bicyclic) bond motifs is 1. The number of rotatable bonds is 7. The molecule has 0 spiro atoms. The molecular formula is C27H30ClN3O4S. The topological polar surface area (TPSA) is 96.6 Å². The Morgan fingerprint density at radius 1 is 1.11 bits per heavy atom. The van der Waals surface area contributed by atoms with Gasteiger partial charge >= 0.3 is 0 Å². The summed E-state index contributed by atoms with van der Waals surface area (Å²) in [6, 6.07) is 13.6. The van der Waals surface area contributed by atoms with Crippen molar-refractivity contribution < 1.29 is 13.8 Å². The molecule has 0 saturated carbocycles. The van der Waals surface area contributed by atoms with Crippen LogP contribution in [0.3, 0.4) is 0 Å². The van der Waals surface area contributed by atoms with Crippen LogP contribution >= 0.6 is 22.2 Å². The van der Waals surface area contributed by atoms with E-state index in [2.05, 4.69) is 34.6 Å². The van der Waals surface area contributed by atoms with Gasteiger partial charge in [0, 0.05) is 48.2 Å². The molecule has 9 heteroatoms. The molecule has 2 aromatic heterocycles. The SMILES string of the molecule is O=c1cc(OCc2ccc(Cl)cn2)ccn1C1=Cc2ccc(CNC3CCS(O)(O)CC3)cc2CC1. The lowest BCUT2D eigenvalue weighted by Gasteiger charge is -2.39. The highest BCUT2D eigenvalue weighted by Gasteiger charge is 2.23. The van der Waals surface area contributed by atoms with Crippen LogP contribution < -0.4 is 15.6 Å². The summed E-state index contributed by atoms with van der Waals surface area (Å²) in [6.45, 7) is 1.03. The first-order chi connectivity index (χ1) is 17.3. The summed E-state index contributed by atoms with van der Waals surface area (Å²) in [5.74, 6) is 1.49. The van der Waals surface area contributed by atoms with Crippen molar-refractivity contribution >= 4 is 34.0 Å². The van der Waals surface area contributed by atoms with Crippen molar-refractivity contribution in [3.05, 3.63) is 92.6 Å². The highest BCUT2D eigenvalue weighted by atomic mass is 35.5.